The molecular weight excluding hydrogens is 174 g/mol. The molecule has 1 heterocycles. The van der Waals surface area contributed by atoms with Crippen molar-refractivity contribution in [2.45, 2.75) is 12.8 Å². The molecule has 0 bridgehead atoms. The second-order valence-electron chi connectivity index (χ2n) is 3.61. The molecule has 1 aliphatic heterocycles. The van der Waals surface area contributed by atoms with Crippen LogP contribution in [0.1, 0.15) is 17.5 Å². The molecule has 2 nitrogen and oxygen atoms in total. The van der Waals surface area contributed by atoms with E-state index < -0.39 is 0 Å². The summed E-state index contributed by atoms with van der Waals surface area (Å²) in [4.78, 5) is 15.3. The monoisotopic (exact) mass is 183 g/mol. The zero-order chi connectivity index (χ0) is 9.54. The standard InChI is InChI=1S/C12H9NO/c14-12-11-7-8-3-1-2-4-9(8)10(11)5-6-13-12/h1-4,6H,5,7H2. The number of fused-ring (bicyclic) bond motifs is 2. The SMILES string of the molecule is O=C1N=CCC2=C1Cc1ccccc12. The van der Waals surface area contributed by atoms with Crippen LogP contribution < -0.4 is 0 Å². The minimum atomic E-state index is -0.0533. The van der Waals surface area contributed by atoms with E-state index in [1.54, 1.807) is 6.21 Å². The lowest BCUT2D eigenvalue weighted by Crippen LogP contribution is -2.05. The molecule has 1 aromatic carbocycles. The second kappa shape index (κ2) is 2.64. The van der Waals surface area contributed by atoms with E-state index in [1.807, 2.05) is 12.1 Å². The Hall–Kier alpha value is -1.70. The van der Waals surface area contributed by atoms with Gasteiger partial charge in [0, 0.05) is 24.6 Å². The molecule has 0 unspecified atom stereocenters. The third-order valence-electron chi connectivity index (χ3n) is 2.84. The van der Waals surface area contributed by atoms with Gasteiger partial charge in [0.1, 0.15) is 0 Å². The number of nitrogens with zero attached hydrogens (tertiary/aromatic N) is 1. The van der Waals surface area contributed by atoms with Gasteiger partial charge in [0.15, 0.2) is 0 Å². The predicted octanol–water partition coefficient (Wildman–Crippen LogP) is 2.00. The van der Waals surface area contributed by atoms with E-state index in [0.29, 0.717) is 0 Å². The number of hydrogen-bond donors (Lipinski definition) is 0. The predicted molar refractivity (Wildman–Crippen MR) is 55.2 cm³/mol. The van der Waals surface area contributed by atoms with E-state index >= 15 is 0 Å². The summed E-state index contributed by atoms with van der Waals surface area (Å²) in [5, 5.41) is 0. The first kappa shape index (κ1) is 7.68. The molecule has 0 atom stereocenters. The highest BCUT2D eigenvalue weighted by Crippen LogP contribution is 2.36. The van der Waals surface area contributed by atoms with E-state index in [1.165, 1.54) is 16.7 Å². The van der Waals surface area contributed by atoms with Gasteiger partial charge in [0.25, 0.3) is 5.91 Å². The minimum absolute atomic E-state index is 0.0533. The molecule has 1 amide bonds. The van der Waals surface area contributed by atoms with Crippen LogP contribution in [0.4, 0.5) is 0 Å². The number of allylic oxidation sites excluding steroid dienone is 1. The van der Waals surface area contributed by atoms with Crippen molar-refractivity contribution in [3.8, 4) is 0 Å². The average molecular weight is 183 g/mol. The van der Waals surface area contributed by atoms with Gasteiger partial charge in [-0.2, -0.15) is 0 Å². The maximum absolute atomic E-state index is 11.5. The van der Waals surface area contributed by atoms with Crippen LogP contribution >= 0.6 is 0 Å². The van der Waals surface area contributed by atoms with Crippen molar-refractivity contribution < 1.29 is 4.79 Å². The van der Waals surface area contributed by atoms with Gasteiger partial charge in [-0.25, -0.2) is 4.99 Å². The first-order chi connectivity index (χ1) is 6.86. The second-order valence-corrected chi connectivity index (χ2v) is 3.61. The summed E-state index contributed by atoms with van der Waals surface area (Å²) in [5.74, 6) is -0.0533. The van der Waals surface area contributed by atoms with Crippen LogP contribution in [0.25, 0.3) is 5.57 Å². The zero-order valence-corrected chi connectivity index (χ0v) is 7.66. The van der Waals surface area contributed by atoms with Crippen LogP contribution in [0.3, 0.4) is 0 Å². The molecule has 3 rings (SSSR count). The van der Waals surface area contributed by atoms with Crippen molar-refractivity contribution in [3.05, 3.63) is 41.0 Å². The Kier molecular flexibility index (Phi) is 1.45. The van der Waals surface area contributed by atoms with Crippen LogP contribution in [0.2, 0.25) is 0 Å². The fraction of sp³-hybridized carbons (Fsp3) is 0.167. The summed E-state index contributed by atoms with van der Waals surface area (Å²) in [7, 11) is 0. The quantitative estimate of drug-likeness (QED) is 0.604. The lowest BCUT2D eigenvalue weighted by atomic mass is 10.0. The molecule has 0 radical (unpaired) electrons. The lowest BCUT2D eigenvalue weighted by Gasteiger charge is -2.06. The van der Waals surface area contributed by atoms with Gasteiger partial charge in [-0.1, -0.05) is 24.3 Å². The van der Waals surface area contributed by atoms with Crippen molar-refractivity contribution >= 4 is 17.7 Å². The summed E-state index contributed by atoms with van der Waals surface area (Å²) < 4.78 is 0. The number of hydrogen-bond acceptors (Lipinski definition) is 1. The van der Waals surface area contributed by atoms with Crippen molar-refractivity contribution in [1.82, 2.24) is 0 Å². The van der Waals surface area contributed by atoms with Crippen LogP contribution in [0.5, 0.6) is 0 Å². The van der Waals surface area contributed by atoms with Gasteiger partial charge in [0.2, 0.25) is 0 Å². The Morgan fingerprint density at radius 3 is 2.93 bits per heavy atom. The Morgan fingerprint density at radius 1 is 1.14 bits per heavy atom. The molecule has 2 aliphatic rings. The molecule has 2 heteroatoms. The number of amides is 1. The maximum atomic E-state index is 11.5. The topological polar surface area (TPSA) is 29.4 Å². The van der Waals surface area contributed by atoms with Crippen molar-refractivity contribution in [2.24, 2.45) is 4.99 Å². The Bertz CT molecular complexity index is 483. The number of rotatable bonds is 0. The number of aliphatic imine (C=N–C) groups is 1. The van der Waals surface area contributed by atoms with E-state index in [0.717, 1.165) is 18.4 Å². The van der Waals surface area contributed by atoms with Crippen molar-refractivity contribution in [3.63, 3.8) is 0 Å². The molecule has 0 saturated heterocycles. The number of dihydropyridines is 1. The highest BCUT2D eigenvalue weighted by atomic mass is 16.1. The van der Waals surface area contributed by atoms with E-state index in [-0.39, 0.29) is 5.91 Å². The zero-order valence-electron chi connectivity index (χ0n) is 7.66. The third kappa shape index (κ3) is 0.909. The minimum Gasteiger partial charge on any atom is -0.267 e. The highest BCUT2D eigenvalue weighted by molar-refractivity contribution is 6.12. The largest absolute Gasteiger partial charge is 0.273 e. The molecule has 0 spiro atoms. The smallest absolute Gasteiger partial charge is 0.267 e. The third-order valence-corrected chi connectivity index (χ3v) is 2.84. The highest BCUT2D eigenvalue weighted by Gasteiger charge is 2.26. The number of carbonyl (C=O) groups excluding carboxylic acids is 1. The van der Waals surface area contributed by atoms with Crippen LogP contribution in [0, 0.1) is 0 Å². The molecule has 0 saturated carbocycles. The average Bonchev–Trinajstić information content (AvgIpc) is 2.59. The molecule has 14 heavy (non-hydrogen) atoms. The lowest BCUT2D eigenvalue weighted by molar-refractivity contribution is -0.114. The summed E-state index contributed by atoms with van der Waals surface area (Å²) >= 11 is 0. The Balaban J connectivity index is 2.18. The van der Waals surface area contributed by atoms with Crippen molar-refractivity contribution in [2.75, 3.05) is 0 Å². The maximum Gasteiger partial charge on any atom is 0.273 e. The van der Waals surface area contributed by atoms with E-state index in [2.05, 4.69) is 17.1 Å². The molecule has 0 fully saturated rings. The van der Waals surface area contributed by atoms with Crippen LogP contribution in [-0.2, 0) is 11.2 Å². The van der Waals surface area contributed by atoms with Crippen LogP contribution in [-0.4, -0.2) is 12.1 Å². The summed E-state index contributed by atoms with van der Waals surface area (Å²) in [6.07, 6.45) is 3.28. The molecule has 1 aromatic rings. The van der Waals surface area contributed by atoms with Gasteiger partial charge in [-0.05, 0) is 16.7 Å². The van der Waals surface area contributed by atoms with Gasteiger partial charge in [0.05, 0.1) is 0 Å². The first-order valence-electron chi connectivity index (χ1n) is 4.73. The van der Waals surface area contributed by atoms with Crippen molar-refractivity contribution in [1.29, 1.82) is 0 Å². The molecular formula is C12H9NO. The van der Waals surface area contributed by atoms with Gasteiger partial charge >= 0.3 is 0 Å². The summed E-state index contributed by atoms with van der Waals surface area (Å²) in [6.45, 7) is 0. The van der Waals surface area contributed by atoms with E-state index in [9.17, 15) is 4.79 Å². The summed E-state index contributed by atoms with van der Waals surface area (Å²) in [6, 6.07) is 8.21. The van der Waals surface area contributed by atoms with E-state index in [4.69, 9.17) is 0 Å². The van der Waals surface area contributed by atoms with Gasteiger partial charge in [-0.3, -0.25) is 4.79 Å². The van der Waals surface area contributed by atoms with Gasteiger partial charge < -0.3 is 0 Å². The molecule has 0 aromatic heterocycles. The normalized spacial score (nSPS) is 18.4. The number of carbonyl (C=O) groups is 1. The first-order valence-corrected chi connectivity index (χ1v) is 4.73. The molecule has 68 valence electrons. The fourth-order valence-electron chi connectivity index (χ4n) is 2.16. The Morgan fingerprint density at radius 2 is 2.00 bits per heavy atom. The number of benzene rings is 1. The molecule has 1 aliphatic carbocycles. The van der Waals surface area contributed by atoms with Gasteiger partial charge in [-0.15, -0.1) is 0 Å². The summed E-state index contributed by atoms with van der Waals surface area (Å²) in [5.41, 5.74) is 4.58. The molecule has 0 N–H and O–H groups in total. The van der Waals surface area contributed by atoms with Crippen LogP contribution in [0.15, 0.2) is 34.8 Å². The Labute approximate surface area is 82.0 Å². The fourth-order valence-corrected chi connectivity index (χ4v) is 2.16.